The maximum Gasteiger partial charge on any atom is 0.252 e. The highest BCUT2D eigenvalue weighted by Crippen LogP contribution is 2.40. The summed E-state index contributed by atoms with van der Waals surface area (Å²) < 4.78 is 0.868. The van der Waals surface area contributed by atoms with Gasteiger partial charge >= 0.3 is 0 Å². The van der Waals surface area contributed by atoms with Crippen molar-refractivity contribution in [3.05, 3.63) is 33.8 Å². The molecule has 1 amide bonds. The van der Waals surface area contributed by atoms with E-state index in [4.69, 9.17) is 0 Å². The van der Waals surface area contributed by atoms with Crippen LogP contribution < -0.4 is 5.32 Å². The van der Waals surface area contributed by atoms with E-state index in [9.17, 15) is 4.79 Å². The number of carbonyl (C=O) groups excluding carboxylic acids is 1. The number of carbonyl (C=O) groups is 1. The van der Waals surface area contributed by atoms with Crippen LogP contribution in [0.2, 0.25) is 0 Å². The van der Waals surface area contributed by atoms with Gasteiger partial charge in [0.05, 0.1) is 5.56 Å². The van der Waals surface area contributed by atoms with E-state index in [1.807, 2.05) is 25.1 Å². The maximum atomic E-state index is 12.3. The topological polar surface area (TPSA) is 29.1 Å². The van der Waals surface area contributed by atoms with Crippen molar-refractivity contribution in [3.63, 3.8) is 0 Å². The SMILES string of the molecule is CCC1(CNC(=O)c2cc(C)ccc2Br)CCCC1. The van der Waals surface area contributed by atoms with Crippen LogP contribution >= 0.6 is 15.9 Å². The van der Waals surface area contributed by atoms with Gasteiger partial charge in [0.1, 0.15) is 0 Å². The van der Waals surface area contributed by atoms with Crippen molar-refractivity contribution in [1.29, 1.82) is 0 Å². The molecule has 0 atom stereocenters. The summed E-state index contributed by atoms with van der Waals surface area (Å²) in [5, 5.41) is 3.13. The number of rotatable bonds is 4. The van der Waals surface area contributed by atoms with Crippen LogP contribution in [0.5, 0.6) is 0 Å². The highest BCUT2D eigenvalue weighted by Gasteiger charge is 2.32. The number of aryl methyl sites for hydroxylation is 1. The van der Waals surface area contributed by atoms with Crippen molar-refractivity contribution in [2.45, 2.75) is 46.0 Å². The normalized spacial score (nSPS) is 17.4. The first-order valence-corrected chi connectivity index (χ1v) is 7.90. The summed E-state index contributed by atoms with van der Waals surface area (Å²) in [6.07, 6.45) is 6.26. The molecule has 0 spiro atoms. The zero-order valence-corrected chi connectivity index (χ0v) is 13.3. The molecule has 0 bridgehead atoms. The molecule has 1 N–H and O–H groups in total. The molecular weight excluding hydrogens is 302 g/mol. The summed E-state index contributed by atoms with van der Waals surface area (Å²) in [5.41, 5.74) is 2.19. The summed E-state index contributed by atoms with van der Waals surface area (Å²) >= 11 is 3.45. The third kappa shape index (κ3) is 3.38. The molecule has 0 heterocycles. The number of halogens is 1. The zero-order valence-electron chi connectivity index (χ0n) is 11.8. The van der Waals surface area contributed by atoms with Crippen LogP contribution in [0.4, 0.5) is 0 Å². The number of amides is 1. The molecule has 1 aliphatic rings. The van der Waals surface area contributed by atoms with E-state index in [1.54, 1.807) is 0 Å². The third-order valence-corrected chi connectivity index (χ3v) is 5.10. The van der Waals surface area contributed by atoms with Crippen molar-refractivity contribution < 1.29 is 4.79 Å². The van der Waals surface area contributed by atoms with Crippen LogP contribution in [0.1, 0.15) is 54.9 Å². The van der Waals surface area contributed by atoms with Gasteiger partial charge in [0.25, 0.3) is 5.91 Å². The van der Waals surface area contributed by atoms with E-state index in [0.29, 0.717) is 5.41 Å². The second-order valence-electron chi connectivity index (χ2n) is 5.73. The summed E-state index contributed by atoms with van der Waals surface area (Å²) in [6.45, 7) is 5.05. The lowest BCUT2D eigenvalue weighted by Crippen LogP contribution is -2.35. The minimum Gasteiger partial charge on any atom is -0.351 e. The predicted molar refractivity (Wildman–Crippen MR) is 82.4 cm³/mol. The fourth-order valence-corrected chi connectivity index (χ4v) is 3.38. The van der Waals surface area contributed by atoms with Gasteiger partial charge in [-0.15, -0.1) is 0 Å². The number of hydrogen-bond donors (Lipinski definition) is 1. The summed E-state index contributed by atoms with van der Waals surface area (Å²) in [4.78, 5) is 12.3. The molecule has 1 saturated carbocycles. The Labute approximate surface area is 124 Å². The quantitative estimate of drug-likeness (QED) is 0.870. The average Bonchev–Trinajstić information content (AvgIpc) is 2.88. The molecule has 2 rings (SSSR count). The monoisotopic (exact) mass is 323 g/mol. The third-order valence-electron chi connectivity index (χ3n) is 4.40. The average molecular weight is 324 g/mol. The van der Waals surface area contributed by atoms with E-state index >= 15 is 0 Å². The summed E-state index contributed by atoms with van der Waals surface area (Å²) in [5.74, 6) is 0.0373. The van der Waals surface area contributed by atoms with Crippen LogP contribution in [-0.4, -0.2) is 12.5 Å². The summed E-state index contributed by atoms with van der Waals surface area (Å²) in [7, 11) is 0. The Morgan fingerprint density at radius 2 is 2.05 bits per heavy atom. The van der Waals surface area contributed by atoms with E-state index in [0.717, 1.165) is 28.6 Å². The minimum absolute atomic E-state index is 0.0373. The van der Waals surface area contributed by atoms with E-state index in [-0.39, 0.29) is 5.91 Å². The van der Waals surface area contributed by atoms with Crippen LogP contribution in [0, 0.1) is 12.3 Å². The largest absolute Gasteiger partial charge is 0.351 e. The maximum absolute atomic E-state index is 12.3. The van der Waals surface area contributed by atoms with Gasteiger partial charge < -0.3 is 5.32 Å². The predicted octanol–water partition coefficient (Wildman–Crippen LogP) is 4.46. The molecule has 2 nitrogen and oxygen atoms in total. The van der Waals surface area contributed by atoms with Crippen LogP contribution in [0.3, 0.4) is 0 Å². The highest BCUT2D eigenvalue weighted by molar-refractivity contribution is 9.10. The molecular formula is C16H22BrNO. The molecule has 3 heteroatoms. The Hall–Kier alpha value is -0.830. The second-order valence-corrected chi connectivity index (χ2v) is 6.58. The van der Waals surface area contributed by atoms with Gasteiger partial charge in [-0.2, -0.15) is 0 Å². The Morgan fingerprint density at radius 1 is 1.37 bits per heavy atom. The van der Waals surface area contributed by atoms with Crippen molar-refractivity contribution in [2.24, 2.45) is 5.41 Å². The van der Waals surface area contributed by atoms with Crippen molar-refractivity contribution in [1.82, 2.24) is 5.32 Å². The minimum atomic E-state index is 0.0373. The van der Waals surface area contributed by atoms with Crippen molar-refractivity contribution >= 4 is 21.8 Å². The lowest BCUT2D eigenvalue weighted by atomic mass is 9.83. The summed E-state index contributed by atoms with van der Waals surface area (Å²) in [6, 6.07) is 5.88. The molecule has 104 valence electrons. The zero-order chi connectivity index (χ0) is 13.9. The van der Waals surface area contributed by atoms with Crippen LogP contribution in [0.15, 0.2) is 22.7 Å². The van der Waals surface area contributed by atoms with Gasteiger partial charge in [-0.25, -0.2) is 0 Å². The Morgan fingerprint density at radius 3 is 2.68 bits per heavy atom. The molecule has 1 aromatic rings. The van der Waals surface area contributed by atoms with Gasteiger partial charge in [-0.3, -0.25) is 4.79 Å². The fraction of sp³-hybridized carbons (Fsp3) is 0.562. The second kappa shape index (κ2) is 6.08. The van der Waals surface area contributed by atoms with Crippen molar-refractivity contribution in [3.8, 4) is 0 Å². The molecule has 1 aliphatic carbocycles. The Bertz CT molecular complexity index is 464. The first kappa shape index (κ1) is 14.6. The van der Waals surface area contributed by atoms with Gasteiger partial charge in [-0.1, -0.05) is 31.4 Å². The molecule has 19 heavy (non-hydrogen) atoms. The Balaban J connectivity index is 2.03. The van der Waals surface area contributed by atoms with Crippen LogP contribution in [-0.2, 0) is 0 Å². The lowest BCUT2D eigenvalue weighted by molar-refractivity contribution is 0.0928. The Kier molecular flexibility index (Phi) is 4.67. The van der Waals surface area contributed by atoms with E-state index in [1.165, 1.54) is 25.7 Å². The standard InChI is InChI=1S/C16H22BrNO/c1-3-16(8-4-5-9-16)11-18-15(19)13-10-12(2)6-7-14(13)17/h6-7,10H,3-5,8-9,11H2,1-2H3,(H,18,19). The van der Waals surface area contributed by atoms with E-state index < -0.39 is 0 Å². The highest BCUT2D eigenvalue weighted by atomic mass is 79.9. The molecule has 0 aromatic heterocycles. The number of benzene rings is 1. The number of hydrogen-bond acceptors (Lipinski definition) is 1. The molecule has 0 unspecified atom stereocenters. The molecule has 1 aromatic carbocycles. The lowest BCUT2D eigenvalue weighted by Gasteiger charge is -2.27. The van der Waals surface area contributed by atoms with Crippen LogP contribution in [0.25, 0.3) is 0 Å². The van der Waals surface area contributed by atoms with Gasteiger partial charge in [0, 0.05) is 11.0 Å². The smallest absolute Gasteiger partial charge is 0.252 e. The first-order chi connectivity index (χ1) is 9.06. The molecule has 1 fully saturated rings. The van der Waals surface area contributed by atoms with Gasteiger partial charge in [-0.05, 0) is 59.7 Å². The fourth-order valence-electron chi connectivity index (χ4n) is 2.96. The van der Waals surface area contributed by atoms with Gasteiger partial charge in [0.15, 0.2) is 0 Å². The van der Waals surface area contributed by atoms with Gasteiger partial charge in [0.2, 0.25) is 0 Å². The molecule has 0 aliphatic heterocycles. The van der Waals surface area contributed by atoms with E-state index in [2.05, 4.69) is 28.2 Å². The number of nitrogens with one attached hydrogen (secondary N) is 1. The van der Waals surface area contributed by atoms with Crippen molar-refractivity contribution in [2.75, 3.05) is 6.54 Å². The molecule has 0 saturated heterocycles. The first-order valence-electron chi connectivity index (χ1n) is 7.11. The molecule has 0 radical (unpaired) electrons.